The number of hydrogen-bond donors (Lipinski definition) is 4. The molecule has 110 valence electrons. The van der Waals surface area contributed by atoms with Gasteiger partial charge in [0.05, 0.1) is 10.8 Å². The van der Waals surface area contributed by atoms with Crippen LogP contribution in [0.15, 0.2) is 33.6 Å². The van der Waals surface area contributed by atoms with Crippen molar-refractivity contribution in [3.8, 4) is 0 Å². The van der Waals surface area contributed by atoms with Crippen LogP contribution in [0.2, 0.25) is 0 Å². The van der Waals surface area contributed by atoms with Crippen molar-refractivity contribution < 1.29 is 24.1 Å². The van der Waals surface area contributed by atoms with E-state index in [4.69, 9.17) is 10.9 Å². The van der Waals surface area contributed by atoms with Gasteiger partial charge in [-0.25, -0.2) is 5.48 Å². The number of nitrogens with one attached hydrogen (secondary N) is 1. The van der Waals surface area contributed by atoms with E-state index in [-0.39, 0.29) is 0 Å². The lowest BCUT2D eigenvalue weighted by Crippen LogP contribution is -2.40. The highest BCUT2D eigenvalue weighted by Crippen LogP contribution is 2.18. The van der Waals surface area contributed by atoms with E-state index in [0.717, 1.165) is 4.47 Å². The standard InChI is InChI=1S/C11H13BrN2O5S/c12-6-1-3-7(4-2-6)20(19)9(15)5-8(10(13)16)11(17)14-18/h1-4,8-9,15,18H,5H2,(H2,13,16)(H,14,17). The summed E-state index contributed by atoms with van der Waals surface area (Å²) in [7, 11) is -1.83. The van der Waals surface area contributed by atoms with Crippen LogP contribution in [0.1, 0.15) is 6.42 Å². The number of aliphatic hydroxyl groups excluding tert-OH is 1. The highest BCUT2D eigenvalue weighted by atomic mass is 79.9. The van der Waals surface area contributed by atoms with Crippen molar-refractivity contribution in [1.82, 2.24) is 5.48 Å². The van der Waals surface area contributed by atoms with Crippen LogP contribution < -0.4 is 11.2 Å². The fourth-order valence-electron chi connectivity index (χ4n) is 1.45. The Balaban J connectivity index is 2.81. The predicted molar refractivity (Wildman–Crippen MR) is 73.8 cm³/mol. The first-order valence-electron chi connectivity index (χ1n) is 5.44. The summed E-state index contributed by atoms with van der Waals surface area (Å²) in [6.07, 6.45) is -0.454. The zero-order valence-corrected chi connectivity index (χ0v) is 12.6. The Morgan fingerprint density at radius 2 is 1.90 bits per heavy atom. The number of halogens is 1. The number of primary amides is 1. The van der Waals surface area contributed by atoms with Crippen LogP contribution in [0.4, 0.5) is 0 Å². The molecular formula is C11H13BrN2O5S. The number of carbonyl (C=O) groups excluding carboxylic acids is 2. The monoisotopic (exact) mass is 364 g/mol. The van der Waals surface area contributed by atoms with Crippen LogP contribution in [0.25, 0.3) is 0 Å². The molecule has 0 saturated carbocycles. The topological polar surface area (TPSA) is 130 Å². The Bertz CT molecular complexity index is 522. The molecule has 0 radical (unpaired) electrons. The number of hydroxylamine groups is 1. The lowest BCUT2D eigenvalue weighted by Gasteiger charge is -2.15. The second-order valence-electron chi connectivity index (χ2n) is 3.87. The molecule has 0 bridgehead atoms. The maximum atomic E-state index is 12.0. The first kappa shape index (κ1) is 16.8. The van der Waals surface area contributed by atoms with E-state index < -0.39 is 40.4 Å². The van der Waals surface area contributed by atoms with Gasteiger partial charge < -0.3 is 10.8 Å². The highest BCUT2D eigenvalue weighted by Gasteiger charge is 2.29. The Morgan fingerprint density at radius 1 is 1.35 bits per heavy atom. The Morgan fingerprint density at radius 3 is 2.35 bits per heavy atom. The van der Waals surface area contributed by atoms with E-state index in [0.29, 0.717) is 4.90 Å². The van der Waals surface area contributed by atoms with E-state index in [1.54, 1.807) is 12.1 Å². The summed E-state index contributed by atoms with van der Waals surface area (Å²) >= 11 is 3.22. The van der Waals surface area contributed by atoms with Crippen LogP contribution in [-0.4, -0.2) is 31.8 Å². The minimum Gasteiger partial charge on any atom is -0.379 e. The molecule has 2 amide bonds. The van der Waals surface area contributed by atoms with Gasteiger partial charge in [-0.2, -0.15) is 0 Å². The van der Waals surface area contributed by atoms with Crippen LogP contribution >= 0.6 is 15.9 Å². The third-order valence-corrected chi connectivity index (χ3v) is 4.45. The van der Waals surface area contributed by atoms with Crippen molar-refractivity contribution in [2.75, 3.05) is 0 Å². The quantitative estimate of drug-likeness (QED) is 0.317. The second-order valence-corrected chi connectivity index (χ2v) is 6.40. The van der Waals surface area contributed by atoms with Gasteiger partial charge in [0.2, 0.25) is 5.91 Å². The molecule has 0 aliphatic heterocycles. The average molecular weight is 365 g/mol. The molecular weight excluding hydrogens is 352 g/mol. The van der Waals surface area contributed by atoms with Gasteiger partial charge in [-0.1, -0.05) is 15.9 Å². The van der Waals surface area contributed by atoms with Crippen LogP contribution in [0.3, 0.4) is 0 Å². The Labute approximate surface area is 125 Å². The van der Waals surface area contributed by atoms with Gasteiger partial charge >= 0.3 is 0 Å². The summed E-state index contributed by atoms with van der Waals surface area (Å²) in [5.74, 6) is -3.54. The SMILES string of the molecule is NC(=O)C(CC(O)S(=O)c1ccc(Br)cc1)C(=O)NO. The molecule has 7 nitrogen and oxygen atoms in total. The number of hydrogen-bond acceptors (Lipinski definition) is 5. The molecule has 3 atom stereocenters. The summed E-state index contributed by atoms with van der Waals surface area (Å²) < 4.78 is 12.8. The van der Waals surface area contributed by atoms with Gasteiger partial charge in [-0.15, -0.1) is 0 Å². The molecule has 5 N–H and O–H groups in total. The van der Waals surface area contributed by atoms with Crippen LogP contribution in [-0.2, 0) is 20.4 Å². The fraction of sp³-hybridized carbons (Fsp3) is 0.273. The summed E-state index contributed by atoms with van der Waals surface area (Å²) in [6.45, 7) is 0. The van der Waals surface area contributed by atoms with Gasteiger partial charge in [0, 0.05) is 15.8 Å². The van der Waals surface area contributed by atoms with Crippen LogP contribution in [0.5, 0.6) is 0 Å². The molecule has 0 saturated heterocycles. The molecule has 0 heterocycles. The molecule has 3 unspecified atom stereocenters. The first-order chi connectivity index (χ1) is 9.36. The van der Waals surface area contributed by atoms with Crippen molar-refractivity contribution in [2.45, 2.75) is 16.8 Å². The van der Waals surface area contributed by atoms with Gasteiger partial charge in [-0.3, -0.25) is 19.0 Å². The Hall–Kier alpha value is -1.29. The van der Waals surface area contributed by atoms with E-state index in [1.165, 1.54) is 17.6 Å². The number of nitrogens with two attached hydrogens (primary N) is 1. The molecule has 20 heavy (non-hydrogen) atoms. The lowest BCUT2D eigenvalue weighted by molar-refractivity contribution is -0.140. The Kier molecular flexibility index (Phi) is 6.27. The molecule has 0 spiro atoms. The van der Waals surface area contributed by atoms with E-state index in [9.17, 15) is 18.9 Å². The number of carbonyl (C=O) groups is 2. The third kappa shape index (κ3) is 4.37. The van der Waals surface area contributed by atoms with E-state index in [1.807, 2.05) is 0 Å². The highest BCUT2D eigenvalue weighted by molar-refractivity contribution is 9.10. The van der Waals surface area contributed by atoms with E-state index >= 15 is 0 Å². The molecule has 1 aromatic rings. The largest absolute Gasteiger partial charge is 0.379 e. The zero-order valence-electron chi connectivity index (χ0n) is 10.2. The molecule has 0 fully saturated rings. The fourth-order valence-corrected chi connectivity index (χ4v) is 2.80. The van der Waals surface area contributed by atoms with Crippen LogP contribution in [0, 0.1) is 5.92 Å². The summed E-state index contributed by atoms with van der Waals surface area (Å²) in [5, 5.41) is 18.3. The second kappa shape index (κ2) is 7.48. The molecule has 0 aliphatic carbocycles. The molecule has 0 aliphatic rings. The van der Waals surface area contributed by atoms with Crippen molar-refractivity contribution in [1.29, 1.82) is 0 Å². The van der Waals surface area contributed by atoms with Crippen molar-refractivity contribution in [2.24, 2.45) is 11.7 Å². The number of aliphatic hydroxyl groups is 1. The molecule has 9 heteroatoms. The molecule has 0 aromatic heterocycles. The average Bonchev–Trinajstić information content (AvgIpc) is 2.43. The predicted octanol–water partition coefficient (Wildman–Crippen LogP) is -0.128. The molecule has 1 aromatic carbocycles. The first-order valence-corrected chi connectivity index (χ1v) is 7.45. The van der Waals surface area contributed by atoms with Crippen molar-refractivity contribution in [3.63, 3.8) is 0 Å². The number of rotatable bonds is 6. The van der Waals surface area contributed by atoms with Crippen molar-refractivity contribution in [3.05, 3.63) is 28.7 Å². The van der Waals surface area contributed by atoms with E-state index in [2.05, 4.69) is 15.9 Å². The zero-order chi connectivity index (χ0) is 15.3. The minimum absolute atomic E-state index is 0.341. The normalized spacial score (nSPS) is 15.2. The summed E-state index contributed by atoms with van der Waals surface area (Å²) in [5.41, 5.74) is 4.81. The third-order valence-electron chi connectivity index (χ3n) is 2.50. The maximum Gasteiger partial charge on any atom is 0.256 e. The number of amides is 2. The van der Waals surface area contributed by atoms with Crippen molar-refractivity contribution >= 4 is 38.5 Å². The summed E-state index contributed by atoms with van der Waals surface area (Å²) in [6, 6.07) is 6.36. The molecule has 1 rings (SSSR count). The van der Waals surface area contributed by atoms with Gasteiger partial charge in [-0.05, 0) is 24.3 Å². The van der Waals surface area contributed by atoms with Gasteiger partial charge in [0.1, 0.15) is 11.4 Å². The van der Waals surface area contributed by atoms with Gasteiger partial charge in [0.15, 0.2) is 0 Å². The minimum atomic E-state index is -1.83. The van der Waals surface area contributed by atoms with Gasteiger partial charge in [0.25, 0.3) is 5.91 Å². The maximum absolute atomic E-state index is 12.0. The lowest BCUT2D eigenvalue weighted by atomic mass is 10.1. The summed E-state index contributed by atoms with van der Waals surface area (Å²) in [4.78, 5) is 22.6. The number of benzene rings is 1. The smallest absolute Gasteiger partial charge is 0.256 e.